The number of pyridine rings is 1. The third-order valence-corrected chi connectivity index (χ3v) is 3.68. The summed E-state index contributed by atoms with van der Waals surface area (Å²) in [5, 5.41) is 4.06. The fourth-order valence-corrected chi connectivity index (χ4v) is 2.54. The summed E-state index contributed by atoms with van der Waals surface area (Å²) in [7, 11) is 1.61. The topological polar surface area (TPSA) is 57.3 Å². The first-order valence-corrected chi connectivity index (χ1v) is 7.41. The number of nitrogens with zero attached hydrogens (tertiary/aromatic N) is 2. The molecule has 0 amide bonds. The van der Waals surface area contributed by atoms with Crippen LogP contribution in [0.2, 0.25) is 0 Å². The van der Waals surface area contributed by atoms with E-state index >= 15 is 0 Å². The van der Waals surface area contributed by atoms with E-state index in [9.17, 15) is 4.79 Å². The van der Waals surface area contributed by atoms with Gasteiger partial charge < -0.3 is 13.8 Å². The van der Waals surface area contributed by atoms with E-state index in [1.54, 1.807) is 23.9 Å². The molecule has 0 radical (unpaired) electrons. The molecule has 3 aromatic rings. The highest BCUT2D eigenvalue weighted by atomic mass is 79.9. The van der Waals surface area contributed by atoms with Crippen molar-refractivity contribution < 1.29 is 9.26 Å². The standard InChI is InChI=1S/C16H13BrN2O3/c1-21-15-5-3-2-4-13(15)14-8-12(22-18-14)10-19-9-11(17)6-7-16(19)20/h2-9H,10H2,1H3. The fraction of sp³-hybridized carbons (Fsp3) is 0.125. The van der Waals surface area contributed by atoms with Crippen molar-refractivity contribution in [3.05, 3.63) is 69.2 Å². The number of methoxy groups -OCH3 is 1. The van der Waals surface area contributed by atoms with E-state index in [-0.39, 0.29) is 5.56 Å². The molecule has 0 spiro atoms. The van der Waals surface area contributed by atoms with Gasteiger partial charge in [-0.2, -0.15) is 0 Å². The van der Waals surface area contributed by atoms with Crippen LogP contribution < -0.4 is 10.3 Å². The van der Waals surface area contributed by atoms with Gasteiger partial charge in [0.15, 0.2) is 5.76 Å². The second-order valence-electron chi connectivity index (χ2n) is 4.69. The highest BCUT2D eigenvalue weighted by Crippen LogP contribution is 2.29. The van der Waals surface area contributed by atoms with Gasteiger partial charge in [0.2, 0.25) is 0 Å². The summed E-state index contributed by atoms with van der Waals surface area (Å²) in [5.41, 5.74) is 1.43. The molecule has 0 fully saturated rings. The molecule has 0 saturated carbocycles. The van der Waals surface area contributed by atoms with Crippen molar-refractivity contribution >= 4 is 15.9 Å². The van der Waals surface area contributed by atoms with E-state index in [0.717, 1.165) is 15.8 Å². The number of halogens is 1. The van der Waals surface area contributed by atoms with Crippen LogP contribution >= 0.6 is 15.9 Å². The summed E-state index contributed by atoms with van der Waals surface area (Å²) < 4.78 is 13.0. The Morgan fingerprint density at radius 1 is 1.27 bits per heavy atom. The van der Waals surface area contributed by atoms with Crippen LogP contribution in [0.15, 0.2) is 62.5 Å². The minimum atomic E-state index is -0.0987. The minimum Gasteiger partial charge on any atom is -0.496 e. The smallest absolute Gasteiger partial charge is 0.251 e. The zero-order chi connectivity index (χ0) is 15.5. The highest BCUT2D eigenvalue weighted by molar-refractivity contribution is 9.10. The monoisotopic (exact) mass is 360 g/mol. The minimum absolute atomic E-state index is 0.0987. The van der Waals surface area contributed by atoms with Gasteiger partial charge in [-0.3, -0.25) is 4.79 Å². The number of hydrogen-bond acceptors (Lipinski definition) is 4. The maximum absolute atomic E-state index is 11.8. The molecule has 3 rings (SSSR count). The SMILES string of the molecule is COc1ccccc1-c1cc(Cn2cc(Br)ccc2=O)on1. The van der Waals surface area contributed by atoms with Crippen molar-refractivity contribution in [3.63, 3.8) is 0 Å². The van der Waals surface area contributed by atoms with E-state index < -0.39 is 0 Å². The van der Waals surface area contributed by atoms with E-state index in [2.05, 4.69) is 21.1 Å². The Morgan fingerprint density at radius 2 is 2.09 bits per heavy atom. The molecule has 6 heteroatoms. The maximum Gasteiger partial charge on any atom is 0.251 e. The lowest BCUT2D eigenvalue weighted by molar-refractivity contribution is 0.376. The summed E-state index contributed by atoms with van der Waals surface area (Å²) in [6.45, 7) is 0.320. The first-order chi connectivity index (χ1) is 10.7. The lowest BCUT2D eigenvalue weighted by Gasteiger charge is -2.04. The quantitative estimate of drug-likeness (QED) is 0.715. The van der Waals surface area contributed by atoms with E-state index in [1.807, 2.05) is 30.3 Å². The van der Waals surface area contributed by atoms with Crippen LogP contribution in [0, 0.1) is 0 Å². The van der Waals surface area contributed by atoms with Gasteiger partial charge in [0, 0.05) is 28.4 Å². The number of para-hydroxylation sites is 1. The second-order valence-corrected chi connectivity index (χ2v) is 5.61. The summed E-state index contributed by atoms with van der Waals surface area (Å²) in [6, 6.07) is 12.6. The molecule has 1 aromatic carbocycles. The van der Waals surface area contributed by atoms with Gasteiger partial charge in [0.05, 0.1) is 13.7 Å². The van der Waals surface area contributed by atoms with Crippen LogP contribution in [-0.4, -0.2) is 16.8 Å². The lowest BCUT2D eigenvalue weighted by Crippen LogP contribution is -2.18. The van der Waals surface area contributed by atoms with Crippen molar-refractivity contribution in [1.29, 1.82) is 0 Å². The molecular formula is C16H13BrN2O3. The van der Waals surface area contributed by atoms with Crippen molar-refractivity contribution in [2.45, 2.75) is 6.54 Å². The Hall–Kier alpha value is -2.34. The van der Waals surface area contributed by atoms with Gasteiger partial charge in [-0.05, 0) is 34.1 Å². The largest absolute Gasteiger partial charge is 0.496 e. The number of hydrogen-bond donors (Lipinski definition) is 0. The van der Waals surface area contributed by atoms with Crippen LogP contribution in [0.4, 0.5) is 0 Å². The summed E-state index contributed by atoms with van der Waals surface area (Å²) >= 11 is 3.35. The molecule has 0 aliphatic heterocycles. The van der Waals surface area contributed by atoms with Gasteiger partial charge in [0.1, 0.15) is 11.4 Å². The summed E-state index contributed by atoms with van der Waals surface area (Å²) in [4.78, 5) is 11.8. The predicted octanol–water partition coefficient (Wildman–Crippen LogP) is 3.32. The van der Waals surface area contributed by atoms with Crippen molar-refractivity contribution in [3.8, 4) is 17.0 Å². The zero-order valence-electron chi connectivity index (χ0n) is 11.8. The molecular weight excluding hydrogens is 348 g/mol. The first-order valence-electron chi connectivity index (χ1n) is 6.62. The molecule has 0 bridgehead atoms. The normalized spacial score (nSPS) is 10.6. The Morgan fingerprint density at radius 3 is 2.91 bits per heavy atom. The van der Waals surface area contributed by atoms with E-state index in [4.69, 9.17) is 9.26 Å². The molecule has 0 aliphatic carbocycles. The molecule has 112 valence electrons. The van der Waals surface area contributed by atoms with Gasteiger partial charge in [0.25, 0.3) is 5.56 Å². The zero-order valence-corrected chi connectivity index (χ0v) is 13.4. The number of benzene rings is 1. The molecule has 0 atom stereocenters. The molecule has 2 heterocycles. The van der Waals surface area contributed by atoms with Gasteiger partial charge >= 0.3 is 0 Å². The maximum atomic E-state index is 11.8. The molecule has 22 heavy (non-hydrogen) atoms. The average Bonchev–Trinajstić information content (AvgIpc) is 2.99. The molecule has 2 aromatic heterocycles. The van der Waals surface area contributed by atoms with Gasteiger partial charge in [-0.1, -0.05) is 17.3 Å². The number of aromatic nitrogens is 2. The Balaban J connectivity index is 1.91. The van der Waals surface area contributed by atoms with Crippen molar-refractivity contribution in [1.82, 2.24) is 9.72 Å². The predicted molar refractivity (Wildman–Crippen MR) is 86.0 cm³/mol. The third-order valence-electron chi connectivity index (χ3n) is 3.22. The Bertz CT molecular complexity index is 854. The highest BCUT2D eigenvalue weighted by Gasteiger charge is 2.11. The molecule has 5 nitrogen and oxygen atoms in total. The van der Waals surface area contributed by atoms with Gasteiger partial charge in [-0.25, -0.2) is 0 Å². The number of ether oxygens (including phenoxy) is 1. The molecule has 0 unspecified atom stereocenters. The van der Waals surface area contributed by atoms with E-state index in [1.165, 1.54) is 6.07 Å². The summed E-state index contributed by atoms with van der Waals surface area (Å²) in [5.74, 6) is 1.32. The number of rotatable bonds is 4. The lowest BCUT2D eigenvalue weighted by atomic mass is 10.1. The van der Waals surface area contributed by atoms with Crippen LogP contribution in [0.3, 0.4) is 0 Å². The Labute approximate surface area is 135 Å². The van der Waals surface area contributed by atoms with Crippen LogP contribution in [0.25, 0.3) is 11.3 Å². The third kappa shape index (κ3) is 2.96. The summed E-state index contributed by atoms with van der Waals surface area (Å²) in [6.07, 6.45) is 1.72. The second kappa shape index (κ2) is 6.19. The first kappa shape index (κ1) is 14.6. The van der Waals surface area contributed by atoms with Crippen molar-refractivity contribution in [2.24, 2.45) is 0 Å². The van der Waals surface area contributed by atoms with Gasteiger partial charge in [-0.15, -0.1) is 0 Å². The van der Waals surface area contributed by atoms with Crippen LogP contribution in [0.1, 0.15) is 5.76 Å². The Kier molecular flexibility index (Phi) is 4.11. The van der Waals surface area contributed by atoms with E-state index in [0.29, 0.717) is 18.0 Å². The van der Waals surface area contributed by atoms with Crippen molar-refractivity contribution in [2.75, 3.05) is 7.11 Å². The molecule has 0 aliphatic rings. The molecule has 0 saturated heterocycles. The average molecular weight is 361 g/mol. The van der Waals surface area contributed by atoms with Crippen LogP contribution in [0.5, 0.6) is 5.75 Å². The molecule has 0 N–H and O–H groups in total. The van der Waals surface area contributed by atoms with Crippen LogP contribution in [-0.2, 0) is 6.54 Å². The fourth-order valence-electron chi connectivity index (χ4n) is 2.16.